The molecular weight excluding hydrogens is 197 g/mol. The summed E-state index contributed by atoms with van der Waals surface area (Å²) in [5.74, 6) is 0.303. The number of hydrogen-bond acceptors (Lipinski definition) is 3. The summed E-state index contributed by atoms with van der Waals surface area (Å²) < 4.78 is 4.64. The summed E-state index contributed by atoms with van der Waals surface area (Å²) in [6.07, 6.45) is 0. The van der Waals surface area contributed by atoms with Crippen LogP contribution in [-0.4, -0.2) is 9.79 Å². The third-order valence-corrected chi connectivity index (χ3v) is 1.78. The van der Waals surface area contributed by atoms with Gasteiger partial charge in [-0.05, 0) is 24.3 Å². The normalized spacial score (nSPS) is 11.2. The van der Waals surface area contributed by atoms with Gasteiger partial charge in [-0.25, -0.2) is 0 Å². The van der Waals surface area contributed by atoms with Gasteiger partial charge in [-0.1, -0.05) is 0 Å². The average Bonchev–Trinajstić information content (AvgIpc) is 1.91. The molecule has 0 aliphatic rings. The zero-order chi connectivity index (χ0) is 9.19. The fourth-order valence-corrected chi connectivity index (χ4v) is 1.32. The Hall–Kier alpha value is -0.610. The van der Waals surface area contributed by atoms with Crippen LogP contribution in [0, 0.1) is 0 Å². The number of rotatable bonds is 2. The monoisotopic (exact) mass is 205 g/mol. The lowest BCUT2D eigenvalue weighted by molar-refractivity contribution is 0.370. The molecule has 0 fully saturated rings. The van der Waals surface area contributed by atoms with Gasteiger partial charge in [-0.3, -0.25) is 0 Å². The minimum absolute atomic E-state index is 0.303. The Morgan fingerprint density at radius 1 is 1.25 bits per heavy atom. The Bertz CT molecular complexity index is 307. The zero-order valence-electron chi connectivity index (χ0n) is 6.04. The maximum Gasteiger partial charge on any atom is 0.375 e. The van der Waals surface area contributed by atoms with Gasteiger partial charge in [0, 0.05) is 17.5 Å². The van der Waals surface area contributed by atoms with Crippen molar-refractivity contribution in [2.24, 2.45) is 0 Å². The average molecular weight is 205 g/mol. The van der Waals surface area contributed by atoms with Crippen LogP contribution in [0.4, 0.5) is 5.69 Å². The molecule has 4 N–H and O–H groups in total. The van der Waals surface area contributed by atoms with E-state index >= 15 is 0 Å². The van der Waals surface area contributed by atoms with Crippen molar-refractivity contribution >= 4 is 24.2 Å². The maximum atomic E-state index is 8.77. The second-order valence-corrected chi connectivity index (χ2v) is 4.74. The molecule has 0 saturated heterocycles. The van der Waals surface area contributed by atoms with Crippen LogP contribution >= 0.6 is 6.72 Å². The first-order valence-corrected chi connectivity index (χ1v) is 5.71. The van der Waals surface area contributed by atoms with Gasteiger partial charge in [-0.2, -0.15) is 0 Å². The molecule has 0 spiro atoms. The molecule has 0 aliphatic carbocycles. The second kappa shape index (κ2) is 3.41. The first-order valence-electron chi connectivity index (χ1n) is 3.08. The summed E-state index contributed by atoms with van der Waals surface area (Å²) >= 11 is 4.27. The Labute approximate surface area is 74.9 Å². The molecule has 1 aromatic rings. The van der Waals surface area contributed by atoms with Crippen molar-refractivity contribution in [1.29, 1.82) is 0 Å². The summed E-state index contributed by atoms with van der Waals surface area (Å²) in [5, 5.41) is 0. The van der Waals surface area contributed by atoms with E-state index in [1.54, 1.807) is 12.1 Å². The van der Waals surface area contributed by atoms with Crippen molar-refractivity contribution < 1.29 is 14.3 Å². The van der Waals surface area contributed by atoms with Crippen molar-refractivity contribution in [1.82, 2.24) is 0 Å². The van der Waals surface area contributed by atoms with E-state index in [-0.39, 0.29) is 0 Å². The van der Waals surface area contributed by atoms with Crippen LogP contribution in [0.15, 0.2) is 24.3 Å². The van der Waals surface area contributed by atoms with E-state index in [9.17, 15) is 0 Å². The van der Waals surface area contributed by atoms with Crippen molar-refractivity contribution in [2.75, 3.05) is 5.73 Å². The van der Waals surface area contributed by atoms with E-state index in [1.165, 1.54) is 12.1 Å². The minimum Gasteiger partial charge on any atom is -0.424 e. The number of anilines is 1. The molecule has 6 heteroatoms. The van der Waals surface area contributed by atoms with E-state index in [4.69, 9.17) is 15.5 Å². The van der Waals surface area contributed by atoms with Gasteiger partial charge in [0.2, 0.25) is 0 Å². The number of benzene rings is 1. The molecule has 0 aliphatic heterocycles. The molecule has 1 aromatic carbocycles. The summed E-state index contributed by atoms with van der Waals surface area (Å²) in [5.41, 5.74) is 5.97. The van der Waals surface area contributed by atoms with E-state index in [0.29, 0.717) is 11.4 Å². The molecule has 0 atom stereocenters. The van der Waals surface area contributed by atoms with E-state index in [1.807, 2.05) is 0 Å². The molecule has 0 heterocycles. The summed E-state index contributed by atoms with van der Waals surface area (Å²) in [7, 11) is 0. The topological polar surface area (TPSA) is 75.7 Å². The molecule has 0 amide bonds. The molecule has 4 nitrogen and oxygen atoms in total. The Morgan fingerprint density at radius 2 is 1.75 bits per heavy atom. The fraction of sp³-hybridized carbons (Fsp3) is 0. The number of hydrogen-bond donors (Lipinski definition) is 3. The summed E-state index contributed by atoms with van der Waals surface area (Å²) in [6, 6.07) is 6.20. The molecule has 12 heavy (non-hydrogen) atoms. The van der Waals surface area contributed by atoms with E-state index in [2.05, 4.69) is 16.3 Å². The quantitative estimate of drug-likeness (QED) is 0.493. The first-order chi connectivity index (χ1) is 5.47. The maximum absolute atomic E-state index is 8.77. The lowest BCUT2D eigenvalue weighted by Crippen LogP contribution is -1.90. The van der Waals surface area contributed by atoms with Crippen LogP contribution < -0.4 is 10.3 Å². The van der Waals surface area contributed by atoms with Gasteiger partial charge in [0.1, 0.15) is 5.75 Å². The second-order valence-electron chi connectivity index (χ2n) is 2.15. The fourth-order valence-electron chi connectivity index (χ4n) is 0.666. The van der Waals surface area contributed by atoms with Crippen LogP contribution in [0.1, 0.15) is 0 Å². The lowest BCUT2D eigenvalue weighted by Gasteiger charge is -2.09. The molecule has 0 radical (unpaired) electrons. The van der Waals surface area contributed by atoms with Gasteiger partial charge >= 0.3 is 6.72 Å². The Balaban J connectivity index is 2.78. The molecular formula is C6H8NO3PS. The highest BCUT2D eigenvalue weighted by molar-refractivity contribution is 8.06. The van der Waals surface area contributed by atoms with Crippen LogP contribution in [-0.2, 0) is 11.8 Å². The smallest absolute Gasteiger partial charge is 0.375 e. The zero-order valence-corrected chi connectivity index (χ0v) is 7.76. The van der Waals surface area contributed by atoms with Crippen molar-refractivity contribution in [3.63, 3.8) is 0 Å². The SMILES string of the molecule is Nc1ccc(OP(O)(O)=S)cc1. The third-order valence-electron chi connectivity index (χ3n) is 1.10. The standard InChI is InChI=1S/C6H8NO3PS/c7-5-1-3-6(4-2-5)10-11(8,9)12/h1-4H,7H2,(H2,8,9,12). The summed E-state index contributed by atoms with van der Waals surface area (Å²) in [4.78, 5) is 17.5. The molecule has 0 saturated carbocycles. The summed E-state index contributed by atoms with van der Waals surface area (Å²) in [6.45, 7) is -3.61. The highest BCUT2D eigenvalue weighted by Crippen LogP contribution is 2.37. The minimum atomic E-state index is -3.61. The van der Waals surface area contributed by atoms with Gasteiger partial charge in [-0.15, -0.1) is 0 Å². The van der Waals surface area contributed by atoms with E-state index in [0.717, 1.165) is 0 Å². The number of nitrogen functional groups attached to an aromatic ring is 1. The van der Waals surface area contributed by atoms with Gasteiger partial charge < -0.3 is 20.0 Å². The molecule has 0 bridgehead atoms. The van der Waals surface area contributed by atoms with Gasteiger partial charge in [0.05, 0.1) is 0 Å². The largest absolute Gasteiger partial charge is 0.424 e. The van der Waals surface area contributed by atoms with Gasteiger partial charge in [0.15, 0.2) is 0 Å². The first kappa shape index (κ1) is 9.48. The van der Waals surface area contributed by atoms with Crippen molar-refractivity contribution in [2.45, 2.75) is 0 Å². The number of nitrogens with two attached hydrogens (primary N) is 1. The van der Waals surface area contributed by atoms with Crippen molar-refractivity contribution in [3.05, 3.63) is 24.3 Å². The molecule has 66 valence electrons. The third kappa shape index (κ3) is 3.19. The van der Waals surface area contributed by atoms with Crippen LogP contribution in [0.5, 0.6) is 5.75 Å². The molecule has 0 unspecified atom stereocenters. The van der Waals surface area contributed by atoms with Crippen molar-refractivity contribution in [3.8, 4) is 5.75 Å². The van der Waals surface area contributed by atoms with Crippen LogP contribution in [0.3, 0.4) is 0 Å². The van der Waals surface area contributed by atoms with Crippen LogP contribution in [0.25, 0.3) is 0 Å². The Kier molecular flexibility index (Phi) is 2.69. The van der Waals surface area contributed by atoms with E-state index < -0.39 is 6.72 Å². The molecule has 1 rings (SSSR count). The highest BCUT2D eigenvalue weighted by Gasteiger charge is 2.08. The highest BCUT2D eigenvalue weighted by atomic mass is 32.5. The molecule has 0 aromatic heterocycles. The predicted octanol–water partition coefficient (Wildman–Crippen LogP) is 0.857. The Morgan fingerprint density at radius 3 is 2.17 bits per heavy atom. The predicted molar refractivity (Wildman–Crippen MR) is 50.2 cm³/mol. The van der Waals surface area contributed by atoms with Gasteiger partial charge in [0.25, 0.3) is 0 Å². The van der Waals surface area contributed by atoms with Crippen LogP contribution in [0.2, 0.25) is 0 Å². The lowest BCUT2D eigenvalue weighted by atomic mass is 10.3.